The van der Waals surface area contributed by atoms with Crippen LogP contribution in [0, 0.1) is 21.4 Å². The SMILES string of the molecule is CCOC(=O)COc1nc(Oc2cc(Cl)cc(OC)c2)nc(Oc2cc(C#N)ccc2OCC)c1[N+](=O)[O-]. The lowest BCUT2D eigenvalue weighted by atomic mass is 10.2. The fourth-order valence-corrected chi connectivity index (χ4v) is 3.17. The van der Waals surface area contributed by atoms with Gasteiger partial charge in [0.2, 0.25) is 0 Å². The van der Waals surface area contributed by atoms with E-state index in [1.165, 1.54) is 43.5 Å². The molecule has 14 heteroatoms. The van der Waals surface area contributed by atoms with Gasteiger partial charge in [-0.25, -0.2) is 4.79 Å². The highest BCUT2D eigenvalue weighted by Gasteiger charge is 2.31. The molecule has 3 aromatic rings. The van der Waals surface area contributed by atoms with E-state index in [1.807, 2.05) is 6.07 Å². The van der Waals surface area contributed by atoms with Gasteiger partial charge in [0.15, 0.2) is 18.1 Å². The van der Waals surface area contributed by atoms with Gasteiger partial charge in [-0.15, -0.1) is 0 Å². The summed E-state index contributed by atoms with van der Waals surface area (Å²) in [6, 6.07) is 10.2. The Kier molecular flexibility index (Phi) is 9.44. The third-order valence-corrected chi connectivity index (χ3v) is 4.70. The van der Waals surface area contributed by atoms with E-state index in [0.717, 1.165) is 0 Å². The summed E-state index contributed by atoms with van der Waals surface area (Å²) in [4.78, 5) is 31.0. The van der Waals surface area contributed by atoms with Crippen LogP contribution in [-0.2, 0) is 9.53 Å². The molecule has 0 bridgehead atoms. The van der Waals surface area contributed by atoms with Gasteiger partial charge in [0, 0.05) is 17.2 Å². The number of rotatable bonds is 12. The van der Waals surface area contributed by atoms with Gasteiger partial charge in [-0.1, -0.05) is 11.6 Å². The Morgan fingerprint density at radius 1 is 1.03 bits per heavy atom. The quantitative estimate of drug-likeness (QED) is 0.173. The normalized spacial score (nSPS) is 10.2. The van der Waals surface area contributed by atoms with Gasteiger partial charge in [0.25, 0.3) is 0 Å². The van der Waals surface area contributed by atoms with Crippen LogP contribution in [0.4, 0.5) is 5.69 Å². The summed E-state index contributed by atoms with van der Waals surface area (Å²) >= 11 is 6.09. The van der Waals surface area contributed by atoms with E-state index >= 15 is 0 Å². The molecule has 0 aliphatic rings. The van der Waals surface area contributed by atoms with Crippen molar-refractivity contribution < 1.29 is 38.1 Å². The van der Waals surface area contributed by atoms with Crippen molar-refractivity contribution in [2.45, 2.75) is 13.8 Å². The standard InChI is InChI=1S/C24H21ClN4O9/c1-4-34-18-7-6-14(12-26)8-19(18)38-23-21(29(31)32)22(36-13-20(30)35-5-2)27-24(28-23)37-17-10-15(25)9-16(11-17)33-3/h6-11H,4-5,13H2,1-3H3. The summed E-state index contributed by atoms with van der Waals surface area (Å²) in [5.74, 6) is -1.39. The highest BCUT2D eigenvalue weighted by molar-refractivity contribution is 6.30. The van der Waals surface area contributed by atoms with Crippen LogP contribution in [0.15, 0.2) is 36.4 Å². The maximum absolute atomic E-state index is 12.0. The topological polar surface area (TPSA) is 165 Å². The Balaban J connectivity index is 2.13. The first-order valence-electron chi connectivity index (χ1n) is 11.0. The van der Waals surface area contributed by atoms with Crippen LogP contribution in [0.25, 0.3) is 0 Å². The molecule has 0 atom stereocenters. The monoisotopic (exact) mass is 544 g/mol. The fraction of sp³-hybridized carbons (Fsp3) is 0.250. The Hall–Kier alpha value is -4.83. The maximum Gasteiger partial charge on any atom is 0.392 e. The molecule has 0 fully saturated rings. The molecule has 0 aliphatic carbocycles. The number of nitro groups is 1. The van der Waals surface area contributed by atoms with Gasteiger partial charge < -0.3 is 28.4 Å². The van der Waals surface area contributed by atoms with Crippen molar-refractivity contribution in [1.82, 2.24) is 9.97 Å². The maximum atomic E-state index is 12.0. The first-order valence-corrected chi connectivity index (χ1v) is 11.4. The van der Waals surface area contributed by atoms with E-state index in [4.69, 9.17) is 40.0 Å². The lowest BCUT2D eigenvalue weighted by Crippen LogP contribution is -2.16. The Morgan fingerprint density at radius 3 is 2.42 bits per heavy atom. The van der Waals surface area contributed by atoms with Crippen molar-refractivity contribution in [3.8, 4) is 46.8 Å². The molecule has 38 heavy (non-hydrogen) atoms. The lowest BCUT2D eigenvalue weighted by Gasteiger charge is -2.14. The molecule has 0 N–H and O–H groups in total. The predicted molar refractivity (Wildman–Crippen MR) is 131 cm³/mol. The van der Waals surface area contributed by atoms with E-state index in [2.05, 4.69) is 9.97 Å². The third-order valence-electron chi connectivity index (χ3n) is 4.48. The van der Waals surface area contributed by atoms with Crippen molar-refractivity contribution in [1.29, 1.82) is 5.26 Å². The largest absolute Gasteiger partial charge is 0.497 e. The van der Waals surface area contributed by atoms with Gasteiger partial charge in [-0.3, -0.25) is 10.1 Å². The van der Waals surface area contributed by atoms with Crippen LogP contribution in [0.5, 0.6) is 40.8 Å². The molecule has 0 spiro atoms. The summed E-state index contributed by atoms with van der Waals surface area (Å²) in [6.07, 6.45) is 0. The van der Waals surface area contributed by atoms with Gasteiger partial charge in [0.1, 0.15) is 11.5 Å². The van der Waals surface area contributed by atoms with Crippen LogP contribution in [0.3, 0.4) is 0 Å². The van der Waals surface area contributed by atoms with Gasteiger partial charge in [-0.05, 0) is 38.1 Å². The molecule has 0 saturated heterocycles. The average Bonchev–Trinajstić information content (AvgIpc) is 2.88. The third kappa shape index (κ3) is 7.11. The first kappa shape index (κ1) is 27.8. The van der Waals surface area contributed by atoms with E-state index < -0.39 is 41.0 Å². The summed E-state index contributed by atoms with van der Waals surface area (Å²) in [5.41, 5.74) is -0.614. The molecule has 3 rings (SSSR count). The number of hydrogen-bond donors (Lipinski definition) is 0. The van der Waals surface area contributed by atoms with E-state index in [1.54, 1.807) is 13.8 Å². The molecule has 0 amide bonds. The van der Waals surface area contributed by atoms with Crippen LogP contribution in [0.1, 0.15) is 19.4 Å². The number of carbonyl (C=O) groups is 1. The number of nitrogens with zero attached hydrogens (tertiary/aromatic N) is 4. The number of hydrogen-bond acceptors (Lipinski definition) is 12. The highest BCUT2D eigenvalue weighted by atomic mass is 35.5. The number of halogens is 1. The second-order valence-electron chi connectivity index (χ2n) is 7.05. The second kappa shape index (κ2) is 12.9. The van der Waals surface area contributed by atoms with Gasteiger partial charge >= 0.3 is 29.4 Å². The molecule has 2 aromatic carbocycles. The van der Waals surface area contributed by atoms with Crippen LogP contribution in [-0.4, -0.2) is 47.8 Å². The number of esters is 1. The highest BCUT2D eigenvalue weighted by Crippen LogP contribution is 2.41. The van der Waals surface area contributed by atoms with Gasteiger partial charge in [0.05, 0.1) is 36.9 Å². The zero-order valence-corrected chi connectivity index (χ0v) is 21.2. The fourth-order valence-electron chi connectivity index (χ4n) is 2.96. The zero-order valence-electron chi connectivity index (χ0n) is 20.4. The molecule has 0 unspecified atom stereocenters. The summed E-state index contributed by atoms with van der Waals surface area (Å²) < 4.78 is 32.2. The number of methoxy groups -OCH3 is 1. The van der Waals surface area contributed by atoms with Crippen LogP contribution < -0.4 is 23.7 Å². The summed E-state index contributed by atoms with van der Waals surface area (Å²) in [6.45, 7) is 2.94. The second-order valence-corrected chi connectivity index (χ2v) is 7.49. The Bertz CT molecular complexity index is 1380. The number of aromatic nitrogens is 2. The molecular formula is C24H21ClN4O9. The van der Waals surface area contributed by atoms with Crippen LogP contribution >= 0.6 is 11.6 Å². The summed E-state index contributed by atoms with van der Waals surface area (Å²) in [7, 11) is 1.43. The lowest BCUT2D eigenvalue weighted by molar-refractivity contribution is -0.387. The zero-order chi connectivity index (χ0) is 27.7. The number of benzene rings is 2. The van der Waals surface area contributed by atoms with Crippen LogP contribution in [0.2, 0.25) is 5.02 Å². The number of carbonyl (C=O) groups excluding carboxylic acids is 1. The molecule has 0 radical (unpaired) electrons. The smallest absolute Gasteiger partial charge is 0.392 e. The van der Waals surface area contributed by atoms with Crippen molar-refractivity contribution in [3.05, 3.63) is 57.1 Å². The van der Waals surface area contributed by atoms with Gasteiger partial charge in [-0.2, -0.15) is 15.2 Å². The molecule has 1 heterocycles. The number of ether oxygens (including phenoxy) is 6. The minimum atomic E-state index is -0.851. The van der Waals surface area contributed by atoms with E-state index in [-0.39, 0.29) is 41.0 Å². The number of nitriles is 1. The van der Waals surface area contributed by atoms with Crippen molar-refractivity contribution in [2.75, 3.05) is 26.9 Å². The molecule has 198 valence electrons. The summed E-state index contributed by atoms with van der Waals surface area (Å²) in [5, 5.41) is 21.6. The molecule has 0 saturated carbocycles. The van der Waals surface area contributed by atoms with Crippen molar-refractivity contribution in [2.24, 2.45) is 0 Å². The molecule has 1 aromatic heterocycles. The average molecular weight is 545 g/mol. The van der Waals surface area contributed by atoms with E-state index in [9.17, 15) is 20.2 Å². The van der Waals surface area contributed by atoms with Crippen molar-refractivity contribution in [3.63, 3.8) is 0 Å². The van der Waals surface area contributed by atoms with E-state index in [0.29, 0.717) is 5.75 Å². The van der Waals surface area contributed by atoms with Crippen molar-refractivity contribution >= 4 is 23.3 Å². The predicted octanol–water partition coefficient (Wildman–Crippen LogP) is 4.84. The Labute approximate surface area is 221 Å². The first-order chi connectivity index (χ1) is 18.3. The Morgan fingerprint density at radius 2 is 1.76 bits per heavy atom. The molecule has 0 aliphatic heterocycles. The molecular weight excluding hydrogens is 524 g/mol. The minimum absolute atomic E-state index is 0.0422. The minimum Gasteiger partial charge on any atom is -0.497 e. The molecule has 13 nitrogen and oxygen atoms in total.